The highest BCUT2D eigenvalue weighted by Crippen LogP contribution is 2.37. The number of aromatic nitrogens is 3. The molecule has 0 unspecified atom stereocenters. The number of rotatable bonds is 3. The first kappa shape index (κ1) is 19.0. The van der Waals surface area contributed by atoms with Gasteiger partial charge in [0.2, 0.25) is 0 Å². The number of hydrogen-bond donors (Lipinski definition) is 2. The topological polar surface area (TPSA) is 89.9 Å². The second-order valence-electron chi connectivity index (χ2n) is 8.09. The molecule has 0 spiro atoms. The lowest BCUT2D eigenvalue weighted by atomic mass is 9.82. The second kappa shape index (κ2) is 6.77. The Kier molecular flexibility index (Phi) is 4.15. The SMILES string of the molecule is Cc1ccc(Nc2cc3c([nH][n+](=O)n3C(C)C)c3c2C(=O)c2ccccc2C3=O)cc1. The van der Waals surface area contributed by atoms with E-state index < -0.39 is 0 Å². The number of carbonyl (C=O) groups is 2. The summed E-state index contributed by atoms with van der Waals surface area (Å²) in [5.41, 5.74) is 4.51. The molecule has 154 valence electrons. The Morgan fingerprint density at radius 3 is 2.16 bits per heavy atom. The third kappa shape index (κ3) is 2.81. The summed E-state index contributed by atoms with van der Waals surface area (Å²) in [7, 11) is 0. The Hall–Kier alpha value is -4.00. The van der Waals surface area contributed by atoms with E-state index in [1.54, 1.807) is 30.3 Å². The minimum atomic E-state index is -0.277. The van der Waals surface area contributed by atoms with Crippen molar-refractivity contribution in [3.63, 3.8) is 0 Å². The van der Waals surface area contributed by atoms with E-state index in [1.807, 2.05) is 45.0 Å². The molecule has 1 aliphatic carbocycles. The zero-order valence-electron chi connectivity index (χ0n) is 17.4. The van der Waals surface area contributed by atoms with Crippen LogP contribution in [0, 0.1) is 11.8 Å². The van der Waals surface area contributed by atoms with Crippen molar-refractivity contribution in [3.8, 4) is 0 Å². The van der Waals surface area contributed by atoms with Crippen molar-refractivity contribution in [2.75, 3.05) is 5.32 Å². The molecule has 0 aliphatic heterocycles. The summed E-state index contributed by atoms with van der Waals surface area (Å²) >= 11 is 0. The van der Waals surface area contributed by atoms with Crippen molar-refractivity contribution >= 4 is 34.0 Å². The van der Waals surface area contributed by atoms with Crippen LogP contribution in [0.5, 0.6) is 0 Å². The predicted molar refractivity (Wildman–Crippen MR) is 118 cm³/mol. The summed E-state index contributed by atoms with van der Waals surface area (Å²) in [6.07, 6.45) is 0. The van der Waals surface area contributed by atoms with E-state index in [0.29, 0.717) is 32.5 Å². The van der Waals surface area contributed by atoms with Crippen LogP contribution >= 0.6 is 0 Å². The minimum absolute atomic E-state index is 0.154. The number of aryl methyl sites for hydroxylation is 1. The molecule has 7 heteroatoms. The van der Waals surface area contributed by atoms with Crippen molar-refractivity contribution in [3.05, 3.63) is 87.3 Å². The minimum Gasteiger partial charge on any atom is -0.355 e. The first-order chi connectivity index (χ1) is 14.9. The molecule has 0 atom stereocenters. The quantitative estimate of drug-likeness (QED) is 0.432. The smallest absolute Gasteiger partial charge is 0.258 e. The monoisotopic (exact) mass is 413 g/mol. The number of hydrogen-bond acceptors (Lipinski definition) is 4. The molecular weight excluding hydrogens is 392 g/mol. The number of nitrogens with zero attached hydrogens (tertiary/aromatic N) is 2. The summed E-state index contributed by atoms with van der Waals surface area (Å²) in [4.78, 5) is 39.6. The number of anilines is 2. The van der Waals surface area contributed by atoms with E-state index in [0.717, 1.165) is 11.3 Å². The van der Waals surface area contributed by atoms with E-state index >= 15 is 0 Å². The van der Waals surface area contributed by atoms with Crippen LogP contribution in [0.4, 0.5) is 11.4 Å². The number of H-pyrrole nitrogens is 1. The van der Waals surface area contributed by atoms with Gasteiger partial charge in [0.25, 0.3) is 4.66 Å². The highest BCUT2D eigenvalue weighted by molar-refractivity contribution is 6.33. The van der Waals surface area contributed by atoms with Gasteiger partial charge in [-0.25, -0.2) is 0 Å². The third-order valence-corrected chi connectivity index (χ3v) is 5.65. The van der Waals surface area contributed by atoms with Crippen molar-refractivity contribution < 1.29 is 14.2 Å². The lowest BCUT2D eigenvalue weighted by Gasteiger charge is -2.21. The number of nitrogens with one attached hydrogen (secondary N) is 2. The number of benzene rings is 3. The lowest BCUT2D eigenvalue weighted by Crippen LogP contribution is -2.30. The van der Waals surface area contributed by atoms with E-state index in [9.17, 15) is 14.5 Å². The van der Waals surface area contributed by atoms with Gasteiger partial charge < -0.3 is 5.32 Å². The van der Waals surface area contributed by atoms with Gasteiger partial charge in [0.15, 0.2) is 11.6 Å². The van der Waals surface area contributed by atoms with Gasteiger partial charge >= 0.3 is 0 Å². The van der Waals surface area contributed by atoms with E-state index in [-0.39, 0.29) is 28.7 Å². The van der Waals surface area contributed by atoms with Crippen molar-refractivity contribution in [1.29, 1.82) is 0 Å². The number of aromatic amines is 1. The molecule has 1 aliphatic rings. The second-order valence-corrected chi connectivity index (χ2v) is 8.09. The Morgan fingerprint density at radius 1 is 0.935 bits per heavy atom. The van der Waals surface area contributed by atoms with Gasteiger partial charge in [0, 0.05) is 16.8 Å². The predicted octanol–water partition coefficient (Wildman–Crippen LogP) is 4.29. The normalized spacial score (nSPS) is 12.9. The van der Waals surface area contributed by atoms with E-state index in [4.69, 9.17) is 0 Å². The van der Waals surface area contributed by atoms with E-state index in [1.165, 1.54) is 4.68 Å². The standard InChI is InChI=1S/C24H20N4O3/c1-13(2)27-19-12-18(25-15-10-8-14(3)9-11-15)20-21(22(19)26-28(27)31)24(30)17-7-5-4-6-16(17)23(20)29/h4-13H,1-3H3,(H-,25,26,29,30,31)/p+1. The molecule has 3 aromatic carbocycles. The molecule has 4 aromatic rings. The maximum atomic E-state index is 13.5. The molecule has 1 heterocycles. The Bertz CT molecular complexity index is 1440. The summed E-state index contributed by atoms with van der Waals surface area (Å²) < 4.78 is 2.14. The molecule has 5 rings (SSSR count). The largest absolute Gasteiger partial charge is 0.355 e. The van der Waals surface area contributed by atoms with Crippen LogP contribution in [-0.4, -0.2) is 21.3 Å². The summed E-state index contributed by atoms with van der Waals surface area (Å²) in [6.45, 7) is 5.77. The zero-order valence-corrected chi connectivity index (χ0v) is 17.4. The molecule has 0 radical (unpaired) electrons. The molecule has 31 heavy (non-hydrogen) atoms. The molecule has 0 saturated carbocycles. The van der Waals surface area contributed by atoms with Crippen molar-refractivity contribution in [2.45, 2.75) is 26.8 Å². The van der Waals surface area contributed by atoms with Gasteiger partial charge in [-0.3, -0.25) is 9.59 Å². The maximum absolute atomic E-state index is 13.5. The molecule has 0 bridgehead atoms. The fourth-order valence-electron chi connectivity index (χ4n) is 4.20. The Labute approximate surface area is 177 Å². The summed E-state index contributed by atoms with van der Waals surface area (Å²) in [6, 6.07) is 16.1. The summed E-state index contributed by atoms with van der Waals surface area (Å²) in [5, 5.41) is 6.04. The lowest BCUT2D eigenvalue weighted by molar-refractivity contribution is -0.651. The fourth-order valence-corrected chi connectivity index (χ4v) is 4.20. The van der Waals surface area contributed by atoms with Gasteiger partial charge in [-0.1, -0.05) is 51.7 Å². The van der Waals surface area contributed by atoms with Gasteiger partial charge in [-0.2, -0.15) is 0 Å². The van der Waals surface area contributed by atoms with Gasteiger partial charge in [0.1, 0.15) is 11.0 Å². The summed E-state index contributed by atoms with van der Waals surface area (Å²) in [5.74, 6) is -0.523. The van der Waals surface area contributed by atoms with Gasteiger partial charge in [-0.15, -0.1) is 0 Å². The van der Waals surface area contributed by atoms with Crippen molar-refractivity contribution in [1.82, 2.24) is 9.78 Å². The molecule has 0 fully saturated rings. The van der Waals surface area contributed by atoms with Crippen LogP contribution < -0.4 is 9.97 Å². The Balaban J connectivity index is 1.85. The third-order valence-electron chi connectivity index (χ3n) is 5.65. The average Bonchev–Trinajstić information content (AvgIpc) is 3.08. The maximum Gasteiger partial charge on any atom is 0.258 e. The average molecular weight is 413 g/mol. The van der Waals surface area contributed by atoms with Crippen LogP contribution in [0.2, 0.25) is 0 Å². The van der Waals surface area contributed by atoms with Crippen LogP contribution in [0.3, 0.4) is 0 Å². The highest BCUT2D eigenvalue weighted by atomic mass is 16.3. The molecule has 0 amide bonds. The molecular formula is C24H21N4O3+. The number of carbonyl (C=O) groups excluding carboxylic acids is 2. The van der Waals surface area contributed by atoms with Crippen LogP contribution in [-0.2, 0) is 0 Å². The van der Waals surface area contributed by atoms with Gasteiger partial charge in [-0.05, 0) is 39.0 Å². The van der Waals surface area contributed by atoms with Crippen LogP contribution in [0.25, 0.3) is 11.0 Å². The molecule has 2 N–H and O–H groups in total. The molecule has 0 saturated heterocycles. The van der Waals surface area contributed by atoms with Crippen molar-refractivity contribution in [2.24, 2.45) is 0 Å². The van der Waals surface area contributed by atoms with Crippen LogP contribution in [0.15, 0.2) is 54.6 Å². The van der Waals surface area contributed by atoms with Gasteiger partial charge in [0.05, 0.1) is 27.8 Å². The molecule has 1 aromatic heterocycles. The van der Waals surface area contributed by atoms with E-state index in [2.05, 4.69) is 10.4 Å². The first-order valence-corrected chi connectivity index (χ1v) is 10.1. The zero-order chi connectivity index (χ0) is 21.9. The Morgan fingerprint density at radius 2 is 1.55 bits per heavy atom. The number of ketones is 2. The first-order valence-electron chi connectivity index (χ1n) is 10.1. The highest BCUT2D eigenvalue weighted by Gasteiger charge is 2.36. The fraction of sp³-hybridized carbons (Fsp3) is 0.167. The van der Waals surface area contributed by atoms with Crippen LogP contribution in [0.1, 0.15) is 57.3 Å². The number of fused-ring (bicyclic) bond motifs is 4. The molecule has 7 nitrogen and oxygen atoms in total.